The monoisotopic (exact) mass is 244 g/mol. The van der Waals surface area contributed by atoms with E-state index < -0.39 is 0 Å². The van der Waals surface area contributed by atoms with E-state index in [0.717, 1.165) is 17.3 Å². The quantitative estimate of drug-likeness (QED) is 0.703. The summed E-state index contributed by atoms with van der Waals surface area (Å²) in [5, 5.41) is 10.7. The largest absolute Gasteiger partial charge is 0.399 e. The first-order valence-electron chi connectivity index (χ1n) is 6.02. The molecule has 1 heterocycles. The Morgan fingerprint density at radius 1 is 1.56 bits per heavy atom. The normalized spacial score (nSPS) is 20.9. The van der Waals surface area contributed by atoms with E-state index in [-0.39, 0.29) is 17.4 Å². The van der Waals surface area contributed by atoms with Gasteiger partial charge in [-0.3, -0.25) is 9.89 Å². The number of aromatic nitrogens is 2. The molecule has 2 aromatic rings. The van der Waals surface area contributed by atoms with Crippen LogP contribution >= 0.6 is 0 Å². The van der Waals surface area contributed by atoms with Crippen LogP contribution < -0.4 is 11.1 Å². The standard InChI is InChI=1S/C13H16N4O/c1-13(2)6-10(13)15-12(18)11-8-5-7(14)3-4-9(8)16-17-11/h3-5,10H,6,14H2,1-2H3,(H,15,18)(H,16,17). The fraction of sp³-hybridized carbons (Fsp3) is 0.385. The number of nitrogens with one attached hydrogen (secondary N) is 2. The molecule has 1 aliphatic rings. The molecule has 94 valence electrons. The fourth-order valence-electron chi connectivity index (χ4n) is 2.14. The molecule has 1 unspecified atom stereocenters. The van der Waals surface area contributed by atoms with Gasteiger partial charge >= 0.3 is 0 Å². The number of aromatic amines is 1. The number of carbonyl (C=O) groups excluding carboxylic acids is 1. The van der Waals surface area contributed by atoms with Crippen LogP contribution in [0.1, 0.15) is 30.8 Å². The molecule has 18 heavy (non-hydrogen) atoms. The number of amides is 1. The predicted molar refractivity (Wildman–Crippen MR) is 70.2 cm³/mol. The molecule has 0 aliphatic heterocycles. The maximum absolute atomic E-state index is 12.1. The zero-order chi connectivity index (χ0) is 12.9. The summed E-state index contributed by atoms with van der Waals surface area (Å²) in [5.41, 5.74) is 7.81. The number of hydrogen-bond acceptors (Lipinski definition) is 3. The zero-order valence-electron chi connectivity index (χ0n) is 10.4. The van der Waals surface area contributed by atoms with Gasteiger partial charge in [-0.15, -0.1) is 0 Å². The lowest BCUT2D eigenvalue weighted by Crippen LogP contribution is -2.28. The Hall–Kier alpha value is -2.04. The molecular formula is C13H16N4O. The lowest BCUT2D eigenvalue weighted by atomic mass is 10.1. The summed E-state index contributed by atoms with van der Waals surface area (Å²) in [5.74, 6) is -0.137. The van der Waals surface area contributed by atoms with Crippen LogP contribution in [0.3, 0.4) is 0 Å². The molecule has 0 saturated heterocycles. The number of anilines is 1. The Kier molecular flexibility index (Phi) is 2.14. The molecule has 0 radical (unpaired) electrons. The van der Waals surface area contributed by atoms with Gasteiger partial charge in [0.05, 0.1) is 5.52 Å². The van der Waals surface area contributed by atoms with Crippen molar-refractivity contribution in [1.82, 2.24) is 15.5 Å². The Morgan fingerprint density at radius 3 is 2.94 bits per heavy atom. The summed E-state index contributed by atoms with van der Waals surface area (Å²) in [7, 11) is 0. The van der Waals surface area contributed by atoms with Gasteiger partial charge in [0.25, 0.3) is 5.91 Å². The number of nitrogens with zero attached hydrogens (tertiary/aromatic N) is 1. The van der Waals surface area contributed by atoms with Crippen LogP contribution in [0.4, 0.5) is 5.69 Å². The van der Waals surface area contributed by atoms with Gasteiger partial charge in [0, 0.05) is 17.1 Å². The minimum absolute atomic E-state index is 0.137. The zero-order valence-corrected chi connectivity index (χ0v) is 10.4. The van der Waals surface area contributed by atoms with Crippen LogP contribution in [-0.2, 0) is 0 Å². The second-order valence-corrected chi connectivity index (χ2v) is 5.60. The van der Waals surface area contributed by atoms with E-state index in [4.69, 9.17) is 5.73 Å². The number of nitrogen functional groups attached to an aromatic ring is 1. The number of hydrogen-bond donors (Lipinski definition) is 3. The van der Waals surface area contributed by atoms with Gasteiger partial charge in [-0.25, -0.2) is 0 Å². The molecule has 1 atom stereocenters. The van der Waals surface area contributed by atoms with Crippen molar-refractivity contribution in [2.45, 2.75) is 26.3 Å². The van der Waals surface area contributed by atoms with E-state index in [1.54, 1.807) is 12.1 Å². The summed E-state index contributed by atoms with van der Waals surface area (Å²) in [6.45, 7) is 4.27. The second kappa shape index (κ2) is 3.48. The maximum Gasteiger partial charge on any atom is 0.272 e. The average molecular weight is 244 g/mol. The molecule has 1 fully saturated rings. The van der Waals surface area contributed by atoms with Gasteiger partial charge in [-0.2, -0.15) is 5.10 Å². The molecule has 1 aromatic carbocycles. The average Bonchev–Trinajstić information content (AvgIpc) is 2.74. The molecule has 3 rings (SSSR count). The highest BCUT2D eigenvalue weighted by Gasteiger charge is 2.46. The molecule has 1 aliphatic carbocycles. The van der Waals surface area contributed by atoms with Gasteiger partial charge in [0.1, 0.15) is 0 Å². The number of benzene rings is 1. The van der Waals surface area contributed by atoms with E-state index in [9.17, 15) is 4.79 Å². The van der Waals surface area contributed by atoms with Crippen molar-refractivity contribution in [3.05, 3.63) is 23.9 Å². The van der Waals surface area contributed by atoms with Gasteiger partial charge in [-0.05, 0) is 30.0 Å². The molecule has 5 nitrogen and oxygen atoms in total. The van der Waals surface area contributed by atoms with E-state index in [0.29, 0.717) is 11.4 Å². The van der Waals surface area contributed by atoms with E-state index >= 15 is 0 Å². The third kappa shape index (κ3) is 1.72. The molecular weight excluding hydrogens is 228 g/mol. The van der Waals surface area contributed by atoms with Gasteiger partial charge in [0.15, 0.2) is 5.69 Å². The number of rotatable bonds is 2. The van der Waals surface area contributed by atoms with Crippen LogP contribution in [0.5, 0.6) is 0 Å². The third-order valence-electron chi connectivity index (χ3n) is 3.62. The Morgan fingerprint density at radius 2 is 2.28 bits per heavy atom. The van der Waals surface area contributed by atoms with E-state index in [1.165, 1.54) is 0 Å². The molecule has 1 amide bonds. The minimum Gasteiger partial charge on any atom is -0.399 e. The van der Waals surface area contributed by atoms with Crippen molar-refractivity contribution >= 4 is 22.5 Å². The summed E-state index contributed by atoms with van der Waals surface area (Å²) in [6.07, 6.45) is 1.02. The summed E-state index contributed by atoms with van der Waals surface area (Å²) >= 11 is 0. The van der Waals surface area contributed by atoms with Crippen LogP contribution in [-0.4, -0.2) is 22.1 Å². The van der Waals surface area contributed by atoms with Crippen molar-refractivity contribution in [3.8, 4) is 0 Å². The SMILES string of the molecule is CC1(C)CC1NC(=O)c1n[nH]c2ccc(N)cc12. The summed E-state index contributed by atoms with van der Waals surface area (Å²) < 4.78 is 0. The van der Waals surface area contributed by atoms with Gasteiger partial charge in [0.2, 0.25) is 0 Å². The first-order chi connectivity index (χ1) is 8.47. The highest BCUT2D eigenvalue weighted by atomic mass is 16.2. The first kappa shape index (κ1) is 11.1. The van der Waals surface area contributed by atoms with Gasteiger partial charge < -0.3 is 11.1 Å². The Labute approximate surface area is 105 Å². The molecule has 5 heteroatoms. The van der Waals surface area contributed by atoms with Gasteiger partial charge in [-0.1, -0.05) is 13.8 Å². The summed E-state index contributed by atoms with van der Waals surface area (Å²) in [6, 6.07) is 5.63. The van der Waals surface area contributed by atoms with Crippen molar-refractivity contribution in [2.75, 3.05) is 5.73 Å². The maximum atomic E-state index is 12.1. The number of H-pyrrole nitrogens is 1. The lowest BCUT2D eigenvalue weighted by Gasteiger charge is -2.05. The summed E-state index contributed by atoms with van der Waals surface area (Å²) in [4.78, 5) is 12.1. The molecule has 0 bridgehead atoms. The van der Waals surface area contributed by atoms with Crippen LogP contribution in [0.15, 0.2) is 18.2 Å². The topological polar surface area (TPSA) is 83.8 Å². The Bertz CT molecular complexity index is 629. The van der Waals surface area contributed by atoms with E-state index in [1.807, 2.05) is 6.07 Å². The fourth-order valence-corrected chi connectivity index (χ4v) is 2.14. The molecule has 4 N–H and O–H groups in total. The second-order valence-electron chi connectivity index (χ2n) is 5.60. The molecule has 1 saturated carbocycles. The smallest absolute Gasteiger partial charge is 0.272 e. The predicted octanol–water partition coefficient (Wildman–Crippen LogP) is 1.67. The van der Waals surface area contributed by atoms with Crippen LogP contribution in [0.25, 0.3) is 10.9 Å². The number of fused-ring (bicyclic) bond motifs is 1. The minimum atomic E-state index is -0.137. The molecule has 1 aromatic heterocycles. The van der Waals surface area contributed by atoms with Crippen molar-refractivity contribution in [2.24, 2.45) is 5.41 Å². The first-order valence-corrected chi connectivity index (χ1v) is 6.02. The van der Waals surface area contributed by atoms with Crippen LogP contribution in [0, 0.1) is 5.41 Å². The third-order valence-corrected chi connectivity index (χ3v) is 3.62. The number of carbonyl (C=O) groups is 1. The van der Waals surface area contributed by atoms with Crippen LogP contribution in [0.2, 0.25) is 0 Å². The van der Waals surface area contributed by atoms with Crippen molar-refractivity contribution < 1.29 is 4.79 Å². The number of nitrogens with two attached hydrogens (primary N) is 1. The van der Waals surface area contributed by atoms with E-state index in [2.05, 4.69) is 29.4 Å². The highest BCUT2D eigenvalue weighted by molar-refractivity contribution is 6.05. The highest BCUT2D eigenvalue weighted by Crippen LogP contribution is 2.44. The lowest BCUT2D eigenvalue weighted by molar-refractivity contribution is 0.0943. The van der Waals surface area contributed by atoms with Crippen molar-refractivity contribution in [3.63, 3.8) is 0 Å². The van der Waals surface area contributed by atoms with Crippen molar-refractivity contribution in [1.29, 1.82) is 0 Å². The Balaban J connectivity index is 1.90. The molecule has 0 spiro atoms.